The molecule has 0 aliphatic heterocycles. The Hall–Kier alpha value is -3.75. The third-order valence-corrected chi connectivity index (χ3v) is 8.06. The summed E-state index contributed by atoms with van der Waals surface area (Å²) in [5.41, 5.74) is 3.30. The van der Waals surface area contributed by atoms with Gasteiger partial charge in [-0.25, -0.2) is 13.2 Å². The highest BCUT2D eigenvalue weighted by Crippen LogP contribution is 2.30. The molecular formula is C29H29NO6S. The third-order valence-electron chi connectivity index (χ3n) is 6.22. The van der Waals surface area contributed by atoms with Crippen LogP contribution in [0.1, 0.15) is 51.5 Å². The standard InChI is InChI=1S/C29H29NO6S/c1-4-35-29(32)28-20(2)26-18-25(14-15-27(26)36-28)37(33,34)30(17-16-22-8-6-5-7-9-22)19-23-10-12-24(13-11-23)21(3)31/h5-15,18H,4,16-17,19H2,1-3H3. The van der Waals surface area contributed by atoms with E-state index in [-0.39, 0.29) is 36.1 Å². The lowest BCUT2D eigenvalue weighted by Gasteiger charge is -2.23. The van der Waals surface area contributed by atoms with E-state index in [4.69, 9.17) is 9.15 Å². The predicted molar refractivity (Wildman–Crippen MR) is 141 cm³/mol. The molecule has 4 aromatic rings. The molecule has 3 aromatic carbocycles. The number of carbonyl (C=O) groups excluding carboxylic acids is 2. The molecule has 0 N–H and O–H groups in total. The van der Waals surface area contributed by atoms with Crippen LogP contribution in [-0.4, -0.2) is 37.6 Å². The van der Waals surface area contributed by atoms with Crippen molar-refractivity contribution in [1.82, 2.24) is 4.31 Å². The van der Waals surface area contributed by atoms with Crippen LogP contribution in [0.25, 0.3) is 11.0 Å². The molecule has 0 bridgehead atoms. The van der Waals surface area contributed by atoms with Gasteiger partial charge in [-0.3, -0.25) is 4.79 Å². The minimum absolute atomic E-state index is 0.0499. The molecule has 4 rings (SSSR count). The average Bonchev–Trinajstić information content (AvgIpc) is 3.23. The lowest BCUT2D eigenvalue weighted by Crippen LogP contribution is -2.32. The predicted octanol–water partition coefficient (Wildman–Crippen LogP) is 5.55. The smallest absolute Gasteiger partial charge is 0.374 e. The summed E-state index contributed by atoms with van der Waals surface area (Å²) in [7, 11) is -3.92. The Labute approximate surface area is 216 Å². The van der Waals surface area contributed by atoms with Gasteiger partial charge in [-0.05, 0) is 56.5 Å². The van der Waals surface area contributed by atoms with Crippen molar-refractivity contribution in [2.45, 2.75) is 38.6 Å². The average molecular weight is 520 g/mol. The summed E-state index contributed by atoms with van der Waals surface area (Å²) in [6.45, 7) is 5.52. The SMILES string of the molecule is CCOC(=O)c1oc2ccc(S(=O)(=O)N(CCc3ccccc3)Cc3ccc(C(C)=O)cc3)cc2c1C. The highest BCUT2D eigenvalue weighted by Gasteiger charge is 2.27. The molecule has 0 saturated carbocycles. The van der Waals surface area contributed by atoms with E-state index in [0.29, 0.717) is 28.5 Å². The lowest BCUT2D eigenvalue weighted by molar-refractivity contribution is 0.0491. The van der Waals surface area contributed by atoms with Crippen LogP contribution in [0.4, 0.5) is 0 Å². The second-order valence-corrected chi connectivity index (χ2v) is 10.7. The zero-order chi connectivity index (χ0) is 26.6. The molecule has 1 aromatic heterocycles. The van der Waals surface area contributed by atoms with Gasteiger partial charge in [0, 0.05) is 29.6 Å². The number of sulfonamides is 1. The van der Waals surface area contributed by atoms with Crippen molar-refractivity contribution >= 4 is 32.7 Å². The fourth-order valence-electron chi connectivity index (χ4n) is 4.13. The summed E-state index contributed by atoms with van der Waals surface area (Å²) in [5.74, 6) is -0.567. The molecule has 0 fully saturated rings. The molecule has 0 amide bonds. The van der Waals surface area contributed by atoms with Gasteiger partial charge in [-0.2, -0.15) is 4.31 Å². The van der Waals surface area contributed by atoms with Gasteiger partial charge in [0.1, 0.15) is 5.58 Å². The molecule has 0 aliphatic carbocycles. The Morgan fingerprint density at radius 3 is 2.30 bits per heavy atom. The van der Waals surface area contributed by atoms with Crippen LogP contribution in [-0.2, 0) is 27.7 Å². The second-order valence-electron chi connectivity index (χ2n) is 8.76. The number of aryl methyl sites for hydroxylation is 1. The highest BCUT2D eigenvalue weighted by molar-refractivity contribution is 7.89. The number of hydrogen-bond donors (Lipinski definition) is 0. The molecule has 0 radical (unpaired) electrons. The van der Waals surface area contributed by atoms with E-state index in [0.717, 1.165) is 11.1 Å². The highest BCUT2D eigenvalue weighted by atomic mass is 32.2. The molecule has 7 nitrogen and oxygen atoms in total. The summed E-state index contributed by atoms with van der Waals surface area (Å²) in [6.07, 6.45) is 0.533. The number of carbonyl (C=O) groups is 2. The fourth-order valence-corrected chi connectivity index (χ4v) is 5.59. The number of furan rings is 1. The fraction of sp³-hybridized carbons (Fsp3) is 0.241. The first kappa shape index (κ1) is 26.3. The number of fused-ring (bicyclic) bond motifs is 1. The van der Waals surface area contributed by atoms with Crippen LogP contribution in [0.5, 0.6) is 0 Å². The van der Waals surface area contributed by atoms with Crippen molar-refractivity contribution in [3.05, 3.63) is 101 Å². The molecule has 8 heteroatoms. The van der Waals surface area contributed by atoms with Crippen LogP contribution in [0.15, 0.2) is 82.1 Å². The Balaban J connectivity index is 1.69. The van der Waals surface area contributed by atoms with E-state index in [2.05, 4.69) is 0 Å². The van der Waals surface area contributed by atoms with Gasteiger partial charge < -0.3 is 9.15 Å². The largest absolute Gasteiger partial charge is 0.460 e. The summed E-state index contributed by atoms with van der Waals surface area (Å²) in [5, 5.41) is 0.540. The van der Waals surface area contributed by atoms with E-state index in [1.54, 1.807) is 50.2 Å². The van der Waals surface area contributed by atoms with E-state index >= 15 is 0 Å². The third kappa shape index (κ3) is 5.81. The summed E-state index contributed by atoms with van der Waals surface area (Å²) in [6, 6.07) is 21.2. The first-order valence-electron chi connectivity index (χ1n) is 12.0. The molecule has 0 saturated heterocycles. The molecule has 0 atom stereocenters. The number of benzene rings is 3. The van der Waals surface area contributed by atoms with Crippen molar-refractivity contribution in [2.24, 2.45) is 0 Å². The number of esters is 1. The van der Waals surface area contributed by atoms with E-state index < -0.39 is 16.0 Å². The van der Waals surface area contributed by atoms with E-state index in [1.807, 2.05) is 30.3 Å². The Bertz CT molecular complexity index is 1520. The number of ether oxygens (including phenoxy) is 1. The number of ketones is 1. The maximum Gasteiger partial charge on any atom is 0.374 e. The van der Waals surface area contributed by atoms with Gasteiger partial charge >= 0.3 is 5.97 Å². The maximum absolute atomic E-state index is 13.9. The molecule has 37 heavy (non-hydrogen) atoms. The lowest BCUT2D eigenvalue weighted by atomic mass is 10.1. The van der Waals surface area contributed by atoms with Crippen molar-refractivity contribution < 1.29 is 27.2 Å². The first-order valence-corrected chi connectivity index (χ1v) is 13.5. The van der Waals surface area contributed by atoms with Crippen LogP contribution < -0.4 is 0 Å². The summed E-state index contributed by atoms with van der Waals surface area (Å²) < 4.78 is 39.9. The van der Waals surface area contributed by atoms with Crippen molar-refractivity contribution in [2.75, 3.05) is 13.2 Å². The van der Waals surface area contributed by atoms with E-state index in [9.17, 15) is 18.0 Å². The van der Waals surface area contributed by atoms with Gasteiger partial charge in [0.2, 0.25) is 15.8 Å². The van der Waals surface area contributed by atoms with E-state index in [1.165, 1.54) is 17.3 Å². The van der Waals surface area contributed by atoms with Gasteiger partial charge in [0.15, 0.2) is 5.78 Å². The van der Waals surface area contributed by atoms with Gasteiger partial charge in [0.25, 0.3) is 0 Å². The zero-order valence-corrected chi connectivity index (χ0v) is 21.9. The number of rotatable bonds is 10. The second kappa shape index (κ2) is 11.1. The number of nitrogens with zero attached hydrogens (tertiary/aromatic N) is 1. The summed E-state index contributed by atoms with van der Waals surface area (Å²) >= 11 is 0. The van der Waals surface area contributed by atoms with Crippen molar-refractivity contribution in [3.8, 4) is 0 Å². The van der Waals surface area contributed by atoms with Crippen molar-refractivity contribution in [1.29, 1.82) is 0 Å². The first-order chi connectivity index (χ1) is 17.7. The molecular weight excluding hydrogens is 490 g/mol. The van der Waals surface area contributed by atoms with Crippen LogP contribution in [0, 0.1) is 6.92 Å². The molecule has 192 valence electrons. The maximum atomic E-state index is 13.9. The molecule has 0 aliphatic rings. The Kier molecular flexibility index (Phi) is 7.90. The van der Waals surface area contributed by atoms with Gasteiger partial charge in [-0.15, -0.1) is 0 Å². The van der Waals surface area contributed by atoms with Gasteiger partial charge in [-0.1, -0.05) is 54.6 Å². The van der Waals surface area contributed by atoms with Crippen LogP contribution in [0.2, 0.25) is 0 Å². The van der Waals surface area contributed by atoms with Crippen LogP contribution >= 0.6 is 0 Å². The topological polar surface area (TPSA) is 93.9 Å². The van der Waals surface area contributed by atoms with Crippen molar-refractivity contribution in [3.63, 3.8) is 0 Å². The Morgan fingerprint density at radius 1 is 0.946 bits per heavy atom. The van der Waals surface area contributed by atoms with Crippen LogP contribution in [0.3, 0.4) is 0 Å². The minimum Gasteiger partial charge on any atom is -0.460 e. The quantitative estimate of drug-likeness (QED) is 0.201. The molecule has 0 unspecified atom stereocenters. The monoisotopic (exact) mass is 519 g/mol. The zero-order valence-electron chi connectivity index (χ0n) is 21.1. The normalized spacial score (nSPS) is 11.7. The van der Waals surface area contributed by atoms with Gasteiger partial charge in [0.05, 0.1) is 11.5 Å². The Morgan fingerprint density at radius 2 is 1.65 bits per heavy atom. The minimum atomic E-state index is -3.92. The summed E-state index contributed by atoms with van der Waals surface area (Å²) in [4.78, 5) is 24.0. The molecule has 1 heterocycles. The number of Topliss-reactive ketones (excluding diaryl/α,β-unsaturated/α-hetero) is 1. The number of hydrogen-bond acceptors (Lipinski definition) is 6. The molecule has 0 spiro atoms.